The topological polar surface area (TPSA) is 35.6 Å². The van der Waals surface area contributed by atoms with Crippen molar-refractivity contribution in [1.82, 2.24) is 19.6 Å². The van der Waals surface area contributed by atoms with E-state index in [1.807, 2.05) is 0 Å². The molecule has 0 saturated heterocycles. The summed E-state index contributed by atoms with van der Waals surface area (Å²) in [5.41, 5.74) is -0.0734. The number of hydrogen-bond acceptors (Lipinski definition) is 2. The Morgan fingerprint density at radius 2 is 2.12 bits per heavy atom. The van der Waals surface area contributed by atoms with Crippen LogP contribution in [0.25, 0.3) is 0 Å². The molecule has 0 bridgehead atoms. The molecule has 0 aliphatic carbocycles. The first-order valence-electron chi connectivity index (χ1n) is 4.53. The van der Waals surface area contributed by atoms with Gasteiger partial charge in [-0.3, -0.25) is 9.36 Å². The van der Waals surface area contributed by atoms with E-state index in [0.29, 0.717) is 0 Å². The van der Waals surface area contributed by atoms with Crippen LogP contribution in [0.1, 0.15) is 11.3 Å². The summed E-state index contributed by atoms with van der Waals surface area (Å²) >= 11 is 0. The second-order valence-electron chi connectivity index (χ2n) is 3.42. The third kappa shape index (κ3) is 2.23. The van der Waals surface area contributed by atoms with Gasteiger partial charge in [-0.15, -0.1) is 0 Å². The molecular weight excluding hydrogens is 221 g/mol. The van der Waals surface area contributed by atoms with E-state index in [-0.39, 0.29) is 6.54 Å². The average Bonchev–Trinajstić information content (AvgIpc) is 2.74. The fourth-order valence-corrected chi connectivity index (χ4v) is 1.34. The minimum atomic E-state index is -4.39. The van der Waals surface area contributed by atoms with E-state index in [1.165, 1.54) is 10.9 Å². The highest BCUT2D eigenvalue weighted by Gasteiger charge is 2.33. The van der Waals surface area contributed by atoms with Gasteiger partial charge in [-0.2, -0.15) is 23.4 Å². The molecule has 0 aliphatic rings. The first kappa shape index (κ1) is 10.7. The lowest BCUT2D eigenvalue weighted by Crippen LogP contribution is -2.08. The van der Waals surface area contributed by atoms with Gasteiger partial charge < -0.3 is 0 Å². The van der Waals surface area contributed by atoms with Crippen LogP contribution >= 0.6 is 0 Å². The van der Waals surface area contributed by atoms with Gasteiger partial charge >= 0.3 is 6.18 Å². The Morgan fingerprint density at radius 3 is 2.62 bits per heavy atom. The van der Waals surface area contributed by atoms with Crippen molar-refractivity contribution in [1.29, 1.82) is 0 Å². The Kier molecular flexibility index (Phi) is 2.45. The van der Waals surface area contributed by atoms with Gasteiger partial charge in [0.05, 0.1) is 12.7 Å². The molecule has 0 radical (unpaired) electrons. The summed E-state index contributed by atoms with van der Waals surface area (Å²) in [5, 5.41) is 7.36. The van der Waals surface area contributed by atoms with Crippen molar-refractivity contribution in [3.63, 3.8) is 0 Å². The summed E-state index contributed by atoms with van der Waals surface area (Å²) in [7, 11) is 1.74. The molecule has 0 atom stereocenters. The van der Waals surface area contributed by atoms with E-state index in [2.05, 4.69) is 10.2 Å². The maximum absolute atomic E-state index is 12.3. The summed E-state index contributed by atoms with van der Waals surface area (Å²) < 4.78 is 39.6. The number of aryl methyl sites for hydroxylation is 1. The van der Waals surface area contributed by atoms with Gasteiger partial charge in [0.25, 0.3) is 0 Å². The lowest BCUT2D eigenvalue weighted by atomic mass is 10.4. The molecule has 86 valence electrons. The second-order valence-corrected chi connectivity index (χ2v) is 3.42. The maximum Gasteiger partial charge on any atom is 0.435 e. The zero-order valence-electron chi connectivity index (χ0n) is 8.44. The fraction of sp³-hybridized carbons (Fsp3) is 0.333. The molecule has 2 heterocycles. The Morgan fingerprint density at radius 1 is 1.38 bits per heavy atom. The summed E-state index contributed by atoms with van der Waals surface area (Å²) in [6.07, 6.45) is 0.236. The van der Waals surface area contributed by atoms with Crippen molar-refractivity contribution < 1.29 is 13.2 Å². The summed E-state index contributed by atoms with van der Waals surface area (Å²) in [6, 6.07) is 0.955. The van der Waals surface area contributed by atoms with Gasteiger partial charge in [0, 0.05) is 25.0 Å². The SMILES string of the molecule is Cn1cc(Cn2ccc(C(F)(F)F)n2)cn1. The lowest BCUT2D eigenvalue weighted by Gasteiger charge is -2.01. The predicted molar refractivity (Wildman–Crippen MR) is 49.5 cm³/mol. The molecule has 0 amide bonds. The lowest BCUT2D eigenvalue weighted by molar-refractivity contribution is -0.141. The number of halogens is 3. The Hall–Kier alpha value is -1.79. The molecule has 0 spiro atoms. The summed E-state index contributed by atoms with van der Waals surface area (Å²) in [6.45, 7) is 0.282. The molecular formula is C9H9F3N4. The summed E-state index contributed by atoms with van der Waals surface area (Å²) in [4.78, 5) is 0. The highest BCUT2D eigenvalue weighted by atomic mass is 19.4. The van der Waals surface area contributed by atoms with Gasteiger partial charge in [0.2, 0.25) is 0 Å². The summed E-state index contributed by atoms with van der Waals surface area (Å²) in [5.74, 6) is 0. The minimum Gasteiger partial charge on any atom is -0.275 e. The number of nitrogens with zero attached hydrogens (tertiary/aromatic N) is 4. The van der Waals surface area contributed by atoms with Gasteiger partial charge in [-0.05, 0) is 6.07 Å². The molecule has 0 aliphatic heterocycles. The molecule has 0 N–H and O–H groups in total. The number of rotatable bonds is 2. The highest BCUT2D eigenvalue weighted by Crippen LogP contribution is 2.27. The molecule has 16 heavy (non-hydrogen) atoms. The molecule has 0 fully saturated rings. The Balaban J connectivity index is 2.14. The molecule has 0 saturated carbocycles. The van der Waals surface area contributed by atoms with Gasteiger partial charge in [0.15, 0.2) is 5.69 Å². The molecule has 0 unspecified atom stereocenters. The van der Waals surface area contributed by atoms with Crippen molar-refractivity contribution in [3.05, 3.63) is 35.9 Å². The highest BCUT2D eigenvalue weighted by molar-refractivity contribution is 5.07. The molecule has 2 aromatic heterocycles. The van der Waals surface area contributed by atoms with Crippen LogP contribution < -0.4 is 0 Å². The van der Waals surface area contributed by atoms with Crippen LogP contribution in [-0.2, 0) is 19.8 Å². The third-order valence-corrected chi connectivity index (χ3v) is 2.03. The van der Waals surface area contributed by atoms with Gasteiger partial charge in [0.1, 0.15) is 0 Å². The van der Waals surface area contributed by atoms with E-state index < -0.39 is 11.9 Å². The van der Waals surface area contributed by atoms with Crippen LogP contribution in [0.15, 0.2) is 24.7 Å². The van der Waals surface area contributed by atoms with Crippen molar-refractivity contribution in [2.24, 2.45) is 7.05 Å². The quantitative estimate of drug-likeness (QED) is 0.786. The number of hydrogen-bond donors (Lipinski definition) is 0. The Bertz CT molecular complexity index is 483. The molecule has 4 nitrogen and oxygen atoms in total. The van der Waals surface area contributed by atoms with E-state index in [0.717, 1.165) is 11.6 Å². The minimum absolute atomic E-state index is 0.282. The van der Waals surface area contributed by atoms with E-state index >= 15 is 0 Å². The normalized spacial score (nSPS) is 12.0. The Labute approximate surface area is 89.3 Å². The average molecular weight is 230 g/mol. The standard InChI is InChI=1S/C9H9F3N4/c1-15-5-7(4-13-15)6-16-3-2-8(14-16)9(10,11)12/h2-5H,6H2,1H3. The third-order valence-electron chi connectivity index (χ3n) is 2.03. The molecule has 7 heteroatoms. The van der Waals surface area contributed by atoms with Crippen molar-refractivity contribution in [2.75, 3.05) is 0 Å². The fourth-order valence-electron chi connectivity index (χ4n) is 1.34. The monoisotopic (exact) mass is 230 g/mol. The zero-order valence-corrected chi connectivity index (χ0v) is 8.44. The van der Waals surface area contributed by atoms with E-state index in [4.69, 9.17) is 0 Å². The molecule has 0 aromatic carbocycles. The van der Waals surface area contributed by atoms with Crippen LogP contribution in [0.5, 0.6) is 0 Å². The number of alkyl halides is 3. The maximum atomic E-state index is 12.3. The van der Waals surface area contributed by atoms with Crippen LogP contribution in [-0.4, -0.2) is 19.6 Å². The molecule has 2 rings (SSSR count). The van der Waals surface area contributed by atoms with Crippen molar-refractivity contribution in [3.8, 4) is 0 Å². The number of aromatic nitrogens is 4. The molecule has 2 aromatic rings. The van der Waals surface area contributed by atoms with Crippen molar-refractivity contribution >= 4 is 0 Å². The predicted octanol–water partition coefficient (Wildman–Crippen LogP) is 1.68. The van der Waals surface area contributed by atoms with Crippen LogP contribution in [0.4, 0.5) is 13.2 Å². The smallest absolute Gasteiger partial charge is 0.275 e. The second kappa shape index (κ2) is 3.66. The van der Waals surface area contributed by atoms with E-state index in [9.17, 15) is 13.2 Å². The van der Waals surface area contributed by atoms with Crippen LogP contribution in [0.3, 0.4) is 0 Å². The largest absolute Gasteiger partial charge is 0.435 e. The van der Waals surface area contributed by atoms with Crippen LogP contribution in [0, 0.1) is 0 Å². The van der Waals surface area contributed by atoms with Crippen molar-refractivity contribution in [2.45, 2.75) is 12.7 Å². The first-order chi connectivity index (χ1) is 7.45. The van der Waals surface area contributed by atoms with Crippen LogP contribution in [0.2, 0.25) is 0 Å². The first-order valence-corrected chi connectivity index (χ1v) is 4.53. The van der Waals surface area contributed by atoms with Gasteiger partial charge in [-0.25, -0.2) is 0 Å². The zero-order chi connectivity index (χ0) is 11.8. The van der Waals surface area contributed by atoms with Gasteiger partial charge in [-0.1, -0.05) is 0 Å². The van der Waals surface area contributed by atoms with E-state index in [1.54, 1.807) is 24.1 Å².